The molecular weight excluding hydrogens is 430 g/mol. The Balaban J connectivity index is 0.000000554. The molecule has 1 saturated heterocycles. The predicted molar refractivity (Wildman–Crippen MR) is 121 cm³/mol. The number of hydrogen-bond donors (Lipinski definition) is 1. The second kappa shape index (κ2) is 13.3. The molecule has 2 aromatic rings. The molecule has 1 heterocycles. The minimum absolute atomic E-state index is 0.142. The number of nitro groups is 1. The monoisotopic (exact) mass is 459 g/mol. The lowest BCUT2D eigenvalue weighted by molar-refractivity contribution is -0.387. The van der Waals surface area contributed by atoms with Crippen LogP contribution in [0.15, 0.2) is 36.4 Å². The highest BCUT2D eigenvalue weighted by Crippen LogP contribution is 2.36. The van der Waals surface area contributed by atoms with Gasteiger partial charge >= 0.3 is 0 Å². The molecule has 0 saturated carbocycles. The van der Waals surface area contributed by atoms with Crippen LogP contribution in [0.2, 0.25) is 0 Å². The number of nitro benzene ring substituents is 1. The van der Waals surface area contributed by atoms with E-state index >= 15 is 0 Å². The van der Waals surface area contributed by atoms with Gasteiger partial charge in [-0.05, 0) is 29.3 Å². The number of ether oxygens (including phenoxy) is 5. The van der Waals surface area contributed by atoms with Crippen molar-refractivity contribution in [1.82, 2.24) is 5.32 Å². The molecule has 0 radical (unpaired) electrons. The molecule has 10 nitrogen and oxygen atoms in total. The van der Waals surface area contributed by atoms with Crippen LogP contribution in [-0.2, 0) is 14.2 Å². The largest absolute Gasteiger partial charge is 0.493 e. The highest BCUT2D eigenvalue weighted by molar-refractivity contribution is 5.51. The van der Waals surface area contributed by atoms with Crippen molar-refractivity contribution >= 4 is 5.69 Å². The zero-order valence-electron chi connectivity index (χ0n) is 19.2. The van der Waals surface area contributed by atoms with Gasteiger partial charge in [-0.1, -0.05) is 12.1 Å². The SMILES string of the molecule is C1COCCN1.COc1ccc(C(C#N)c2ccc([N+](=O)[O-])c(C(OC)OC)c2)cc1OC. The van der Waals surface area contributed by atoms with E-state index in [4.69, 9.17) is 23.7 Å². The van der Waals surface area contributed by atoms with Gasteiger partial charge in [0.25, 0.3) is 5.69 Å². The molecule has 33 heavy (non-hydrogen) atoms. The van der Waals surface area contributed by atoms with Gasteiger partial charge in [0.2, 0.25) is 0 Å². The number of rotatable bonds is 8. The van der Waals surface area contributed by atoms with Gasteiger partial charge in [0, 0.05) is 33.4 Å². The third-order valence-corrected chi connectivity index (χ3v) is 4.98. The number of nitrogens with one attached hydrogen (secondary N) is 1. The summed E-state index contributed by atoms with van der Waals surface area (Å²) >= 11 is 0. The fourth-order valence-corrected chi connectivity index (χ4v) is 3.35. The van der Waals surface area contributed by atoms with Crippen LogP contribution in [-0.4, -0.2) is 59.7 Å². The summed E-state index contributed by atoms with van der Waals surface area (Å²) in [5, 5.41) is 24.2. The lowest BCUT2D eigenvalue weighted by atomic mass is 9.90. The summed E-state index contributed by atoms with van der Waals surface area (Å²) in [7, 11) is 5.81. The average Bonchev–Trinajstić information content (AvgIpc) is 2.86. The van der Waals surface area contributed by atoms with Crippen LogP contribution in [0.4, 0.5) is 5.69 Å². The summed E-state index contributed by atoms with van der Waals surface area (Å²) in [6.07, 6.45) is -0.921. The van der Waals surface area contributed by atoms with E-state index in [0.717, 1.165) is 26.3 Å². The van der Waals surface area contributed by atoms with Crippen molar-refractivity contribution in [3.05, 3.63) is 63.2 Å². The first-order valence-corrected chi connectivity index (χ1v) is 10.2. The second-order valence-corrected chi connectivity index (χ2v) is 6.92. The molecule has 1 unspecified atom stereocenters. The van der Waals surface area contributed by atoms with Crippen LogP contribution in [0.25, 0.3) is 0 Å². The summed E-state index contributed by atoms with van der Waals surface area (Å²) in [5.74, 6) is 0.365. The van der Waals surface area contributed by atoms with Crippen LogP contribution < -0.4 is 14.8 Å². The van der Waals surface area contributed by atoms with Crippen molar-refractivity contribution in [3.8, 4) is 17.6 Å². The maximum Gasteiger partial charge on any atom is 0.277 e. The third kappa shape index (κ3) is 6.87. The molecule has 0 aromatic heterocycles. The molecule has 10 heteroatoms. The highest BCUT2D eigenvalue weighted by Gasteiger charge is 2.25. The topological polar surface area (TPSA) is 125 Å². The van der Waals surface area contributed by atoms with Crippen LogP contribution in [0.1, 0.15) is 28.9 Å². The zero-order valence-corrected chi connectivity index (χ0v) is 19.2. The summed E-state index contributed by atoms with van der Waals surface area (Å²) in [6.45, 7) is 3.83. The van der Waals surface area contributed by atoms with Gasteiger partial charge in [-0.3, -0.25) is 10.1 Å². The summed E-state index contributed by atoms with van der Waals surface area (Å²) in [4.78, 5) is 10.8. The quantitative estimate of drug-likeness (QED) is 0.360. The lowest BCUT2D eigenvalue weighted by Gasteiger charge is -2.17. The van der Waals surface area contributed by atoms with Gasteiger partial charge in [-0.15, -0.1) is 0 Å². The number of hydrogen-bond acceptors (Lipinski definition) is 9. The fourth-order valence-electron chi connectivity index (χ4n) is 3.35. The second-order valence-electron chi connectivity index (χ2n) is 6.92. The standard InChI is InChI=1S/C19H20N2O6.C4H9NO/c1-24-17-8-6-13(10-18(17)25-2)15(11-20)12-5-7-16(21(22)23)14(9-12)19(26-3)27-4;1-3-6-4-2-5-1/h5-10,15,19H,1-4H3;5H,1-4H2. The number of morpholine rings is 1. The van der Waals surface area contributed by atoms with Crippen LogP contribution >= 0.6 is 0 Å². The Hall–Kier alpha value is -3.23. The first-order valence-electron chi connectivity index (χ1n) is 10.2. The summed E-state index contributed by atoms with van der Waals surface area (Å²) < 4.78 is 25.9. The molecule has 2 aromatic carbocycles. The Morgan fingerprint density at radius 3 is 2.06 bits per heavy atom. The normalized spacial score (nSPS) is 13.9. The molecule has 1 aliphatic rings. The minimum Gasteiger partial charge on any atom is -0.493 e. The number of nitriles is 1. The molecule has 1 fully saturated rings. The van der Waals surface area contributed by atoms with Gasteiger partial charge in [0.05, 0.1) is 49.9 Å². The van der Waals surface area contributed by atoms with E-state index < -0.39 is 17.1 Å². The minimum atomic E-state index is -0.921. The lowest BCUT2D eigenvalue weighted by Crippen LogP contribution is -2.30. The summed E-state index contributed by atoms with van der Waals surface area (Å²) in [5.41, 5.74) is 1.34. The van der Waals surface area contributed by atoms with Crippen molar-refractivity contribution in [2.75, 3.05) is 54.7 Å². The Bertz CT molecular complexity index is 942. The van der Waals surface area contributed by atoms with Crippen molar-refractivity contribution in [3.63, 3.8) is 0 Å². The fraction of sp³-hybridized carbons (Fsp3) is 0.435. The van der Waals surface area contributed by atoms with Crippen LogP contribution in [0, 0.1) is 21.4 Å². The molecule has 0 amide bonds. The van der Waals surface area contributed by atoms with Crippen molar-refractivity contribution in [2.45, 2.75) is 12.2 Å². The van der Waals surface area contributed by atoms with Gasteiger partial charge in [-0.2, -0.15) is 5.26 Å². The average molecular weight is 459 g/mol. The molecule has 1 aliphatic heterocycles. The van der Waals surface area contributed by atoms with Crippen LogP contribution in [0.3, 0.4) is 0 Å². The molecule has 0 aliphatic carbocycles. The Labute approximate surface area is 193 Å². The van der Waals surface area contributed by atoms with E-state index in [1.54, 1.807) is 30.3 Å². The molecule has 1 atom stereocenters. The number of nitrogens with zero attached hydrogens (tertiary/aromatic N) is 2. The third-order valence-electron chi connectivity index (χ3n) is 4.98. The Kier molecular flexibility index (Phi) is 10.5. The van der Waals surface area contributed by atoms with Gasteiger partial charge in [0.1, 0.15) is 0 Å². The summed E-state index contributed by atoms with van der Waals surface area (Å²) in [6, 6.07) is 11.8. The van der Waals surface area contributed by atoms with Gasteiger partial charge in [0.15, 0.2) is 17.8 Å². The predicted octanol–water partition coefficient (Wildman–Crippen LogP) is 3.17. The van der Waals surface area contributed by atoms with Crippen LogP contribution in [0.5, 0.6) is 11.5 Å². The molecule has 1 N–H and O–H groups in total. The van der Waals surface area contributed by atoms with E-state index in [9.17, 15) is 15.4 Å². The van der Waals surface area contributed by atoms with E-state index in [1.807, 2.05) is 0 Å². The van der Waals surface area contributed by atoms with E-state index in [2.05, 4.69) is 11.4 Å². The molecule has 0 bridgehead atoms. The number of methoxy groups -OCH3 is 4. The first kappa shape index (κ1) is 26.0. The molecule has 3 rings (SSSR count). The maximum absolute atomic E-state index is 11.3. The number of benzene rings is 2. The van der Waals surface area contributed by atoms with Crippen molar-refractivity contribution in [2.24, 2.45) is 0 Å². The Morgan fingerprint density at radius 2 is 1.61 bits per heavy atom. The van der Waals surface area contributed by atoms with Gasteiger partial charge < -0.3 is 29.0 Å². The van der Waals surface area contributed by atoms with Crippen molar-refractivity contribution in [1.29, 1.82) is 5.26 Å². The zero-order chi connectivity index (χ0) is 24.2. The van der Waals surface area contributed by atoms with E-state index in [1.165, 1.54) is 34.5 Å². The maximum atomic E-state index is 11.3. The van der Waals surface area contributed by atoms with Gasteiger partial charge in [-0.25, -0.2) is 0 Å². The smallest absolute Gasteiger partial charge is 0.277 e. The van der Waals surface area contributed by atoms with E-state index in [0.29, 0.717) is 22.6 Å². The van der Waals surface area contributed by atoms with E-state index in [-0.39, 0.29) is 11.3 Å². The molecule has 0 spiro atoms. The highest BCUT2D eigenvalue weighted by atomic mass is 16.7. The molecule has 178 valence electrons. The van der Waals surface area contributed by atoms with Crippen molar-refractivity contribution < 1.29 is 28.6 Å². The Morgan fingerprint density at radius 1 is 1.00 bits per heavy atom. The first-order chi connectivity index (χ1) is 16.0. The molecular formula is C23H29N3O7.